The molecule has 1 aliphatic heterocycles. The Morgan fingerprint density at radius 3 is 2.65 bits per heavy atom. The second-order valence-electron chi connectivity index (χ2n) is 5.88. The molecule has 92 valence electrons. The Balaban J connectivity index is 1.97. The lowest BCUT2D eigenvalue weighted by Crippen LogP contribution is -2.29. The molecule has 0 aromatic rings. The summed E-state index contributed by atoms with van der Waals surface area (Å²) in [5.41, 5.74) is 2.63. The van der Waals surface area contributed by atoms with Gasteiger partial charge in [-0.3, -0.25) is 4.79 Å². The molecule has 5 atom stereocenters. The third kappa shape index (κ3) is 1.50. The lowest BCUT2D eigenvalue weighted by Gasteiger charge is -2.26. The molecule has 0 unspecified atom stereocenters. The molecule has 0 bridgehead atoms. The van der Waals surface area contributed by atoms with Crippen molar-refractivity contribution in [1.82, 2.24) is 0 Å². The minimum Gasteiger partial charge on any atom is -0.461 e. The van der Waals surface area contributed by atoms with Crippen LogP contribution in [0.3, 0.4) is 0 Å². The van der Waals surface area contributed by atoms with Crippen molar-refractivity contribution >= 4 is 5.97 Å². The van der Waals surface area contributed by atoms with Crippen LogP contribution in [-0.2, 0) is 9.53 Å². The van der Waals surface area contributed by atoms with Gasteiger partial charge in [0, 0.05) is 11.8 Å². The standard InChI is InChI=1S/C15H20O2/c1-8-4-7-12-10(3)15(16)17-14(12)13-9(2)5-6-11(8)13/h10-14H,1-2,4-7H2,3H3/t10-,11+,12+,13+,14+/m1/s1. The van der Waals surface area contributed by atoms with Crippen molar-refractivity contribution < 1.29 is 9.53 Å². The quantitative estimate of drug-likeness (QED) is 0.474. The second-order valence-corrected chi connectivity index (χ2v) is 5.88. The minimum absolute atomic E-state index is 0.00837. The largest absolute Gasteiger partial charge is 0.461 e. The van der Waals surface area contributed by atoms with Gasteiger partial charge in [0.15, 0.2) is 0 Å². The fourth-order valence-corrected chi connectivity index (χ4v) is 3.97. The van der Waals surface area contributed by atoms with Gasteiger partial charge in [-0.25, -0.2) is 0 Å². The first-order valence-electron chi connectivity index (χ1n) is 6.65. The highest BCUT2D eigenvalue weighted by atomic mass is 16.6. The predicted molar refractivity (Wildman–Crippen MR) is 66.3 cm³/mol. The van der Waals surface area contributed by atoms with Crippen molar-refractivity contribution in [3.05, 3.63) is 24.3 Å². The molecule has 0 N–H and O–H groups in total. The van der Waals surface area contributed by atoms with Crippen LogP contribution >= 0.6 is 0 Å². The number of esters is 1. The predicted octanol–water partition coefficient (Wildman–Crippen LogP) is 3.10. The van der Waals surface area contributed by atoms with Gasteiger partial charge in [-0.2, -0.15) is 0 Å². The summed E-state index contributed by atoms with van der Waals surface area (Å²) < 4.78 is 5.65. The molecular formula is C15H20O2. The third-order valence-electron chi connectivity index (χ3n) is 5.05. The zero-order chi connectivity index (χ0) is 12.2. The lowest BCUT2D eigenvalue weighted by atomic mass is 9.80. The first-order chi connectivity index (χ1) is 8.09. The van der Waals surface area contributed by atoms with Crippen LogP contribution in [0.4, 0.5) is 0 Å². The van der Waals surface area contributed by atoms with E-state index in [4.69, 9.17) is 4.74 Å². The molecule has 0 radical (unpaired) electrons. The molecule has 0 aromatic heterocycles. The van der Waals surface area contributed by atoms with Crippen LogP contribution in [-0.4, -0.2) is 12.1 Å². The van der Waals surface area contributed by atoms with Crippen molar-refractivity contribution in [2.45, 2.75) is 38.7 Å². The summed E-state index contributed by atoms with van der Waals surface area (Å²) in [6, 6.07) is 0. The number of carbonyl (C=O) groups is 1. The molecule has 3 aliphatic rings. The van der Waals surface area contributed by atoms with Gasteiger partial charge in [-0.15, -0.1) is 0 Å². The topological polar surface area (TPSA) is 26.3 Å². The molecule has 2 nitrogen and oxygen atoms in total. The Morgan fingerprint density at radius 1 is 1.18 bits per heavy atom. The molecule has 0 amide bonds. The smallest absolute Gasteiger partial charge is 0.309 e. The van der Waals surface area contributed by atoms with Crippen LogP contribution in [0.15, 0.2) is 24.3 Å². The summed E-state index contributed by atoms with van der Waals surface area (Å²) in [4.78, 5) is 11.8. The van der Waals surface area contributed by atoms with Crippen molar-refractivity contribution in [2.24, 2.45) is 23.7 Å². The fraction of sp³-hybridized carbons (Fsp3) is 0.667. The van der Waals surface area contributed by atoms with Crippen LogP contribution < -0.4 is 0 Å². The summed E-state index contributed by atoms with van der Waals surface area (Å²) in [7, 11) is 0. The van der Waals surface area contributed by atoms with Crippen molar-refractivity contribution in [1.29, 1.82) is 0 Å². The van der Waals surface area contributed by atoms with E-state index in [1.807, 2.05) is 6.92 Å². The van der Waals surface area contributed by atoms with Crippen LogP contribution in [0.2, 0.25) is 0 Å². The highest BCUT2D eigenvalue weighted by molar-refractivity contribution is 5.75. The maximum atomic E-state index is 11.8. The Bertz CT molecular complexity index is 396. The summed E-state index contributed by atoms with van der Waals surface area (Å²) in [5.74, 6) is 1.29. The highest BCUT2D eigenvalue weighted by Crippen LogP contribution is 2.51. The lowest BCUT2D eigenvalue weighted by molar-refractivity contribution is -0.145. The van der Waals surface area contributed by atoms with E-state index in [-0.39, 0.29) is 18.0 Å². The summed E-state index contributed by atoms with van der Waals surface area (Å²) >= 11 is 0. The van der Waals surface area contributed by atoms with Crippen LogP contribution in [0.1, 0.15) is 32.6 Å². The zero-order valence-corrected chi connectivity index (χ0v) is 10.4. The number of carbonyl (C=O) groups excluding carboxylic acids is 1. The maximum Gasteiger partial charge on any atom is 0.309 e. The fourth-order valence-electron chi connectivity index (χ4n) is 3.97. The summed E-state index contributed by atoms with van der Waals surface area (Å²) in [6.45, 7) is 10.4. The number of rotatable bonds is 0. The average molecular weight is 232 g/mol. The number of fused-ring (bicyclic) bond motifs is 3. The van der Waals surface area contributed by atoms with Crippen molar-refractivity contribution in [3.8, 4) is 0 Å². The first-order valence-corrected chi connectivity index (χ1v) is 6.65. The van der Waals surface area contributed by atoms with E-state index in [1.165, 1.54) is 11.1 Å². The Hall–Kier alpha value is -1.05. The molecule has 0 spiro atoms. The Morgan fingerprint density at radius 2 is 1.88 bits per heavy atom. The van der Waals surface area contributed by atoms with Gasteiger partial charge in [0.05, 0.1) is 5.92 Å². The number of hydrogen-bond acceptors (Lipinski definition) is 2. The van der Waals surface area contributed by atoms with Crippen LogP contribution in [0.5, 0.6) is 0 Å². The van der Waals surface area contributed by atoms with E-state index in [1.54, 1.807) is 0 Å². The van der Waals surface area contributed by atoms with Crippen LogP contribution in [0, 0.1) is 23.7 Å². The van der Waals surface area contributed by atoms with Gasteiger partial charge >= 0.3 is 5.97 Å². The van der Waals surface area contributed by atoms with Crippen molar-refractivity contribution in [2.75, 3.05) is 0 Å². The molecule has 0 aromatic carbocycles. The summed E-state index contributed by atoms with van der Waals surface area (Å²) in [6.07, 6.45) is 4.41. The number of allylic oxidation sites excluding steroid dienone is 1. The zero-order valence-electron chi connectivity index (χ0n) is 10.4. The number of ether oxygens (including phenoxy) is 1. The SMILES string of the molecule is C=C1CC[C@H]2C(=C)CC[C@@H]3[C@H](OC(=O)[C@@H]3C)[C@@H]12. The average Bonchev–Trinajstić information content (AvgIpc) is 2.75. The first kappa shape index (κ1) is 11.1. The Kier molecular flexibility index (Phi) is 2.42. The molecule has 1 saturated heterocycles. The molecule has 3 rings (SSSR count). The monoisotopic (exact) mass is 232 g/mol. The van der Waals surface area contributed by atoms with Gasteiger partial charge in [-0.05, 0) is 31.6 Å². The molecule has 17 heavy (non-hydrogen) atoms. The maximum absolute atomic E-state index is 11.8. The third-order valence-corrected chi connectivity index (χ3v) is 5.05. The Labute approximate surface area is 103 Å². The van der Waals surface area contributed by atoms with Gasteiger partial charge in [-0.1, -0.05) is 31.2 Å². The van der Waals surface area contributed by atoms with E-state index in [9.17, 15) is 4.79 Å². The minimum atomic E-state index is -0.00837. The second kappa shape index (κ2) is 3.72. The van der Waals surface area contributed by atoms with Crippen molar-refractivity contribution in [3.63, 3.8) is 0 Å². The molecule has 2 aliphatic carbocycles. The van der Waals surface area contributed by atoms with Gasteiger partial charge in [0.25, 0.3) is 0 Å². The van der Waals surface area contributed by atoms with E-state index in [2.05, 4.69) is 13.2 Å². The number of hydrogen-bond donors (Lipinski definition) is 0. The normalized spacial score (nSPS) is 45.2. The van der Waals surface area contributed by atoms with Crippen LogP contribution in [0.25, 0.3) is 0 Å². The molecule has 2 saturated carbocycles. The van der Waals surface area contributed by atoms with E-state index < -0.39 is 0 Å². The van der Waals surface area contributed by atoms with Gasteiger partial charge in [0.2, 0.25) is 0 Å². The molecule has 1 heterocycles. The van der Waals surface area contributed by atoms with E-state index in [0.29, 0.717) is 17.8 Å². The molecule has 3 fully saturated rings. The molecule has 2 heteroatoms. The van der Waals surface area contributed by atoms with E-state index >= 15 is 0 Å². The van der Waals surface area contributed by atoms with E-state index in [0.717, 1.165) is 25.7 Å². The molecular weight excluding hydrogens is 212 g/mol. The van der Waals surface area contributed by atoms with Gasteiger partial charge < -0.3 is 4.74 Å². The van der Waals surface area contributed by atoms with Gasteiger partial charge in [0.1, 0.15) is 6.10 Å². The highest BCUT2D eigenvalue weighted by Gasteiger charge is 2.51. The summed E-state index contributed by atoms with van der Waals surface area (Å²) in [5, 5.41) is 0.